The molecule has 1 fully saturated rings. The van der Waals surface area contributed by atoms with E-state index in [2.05, 4.69) is 64.8 Å². The van der Waals surface area contributed by atoms with E-state index in [4.69, 9.17) is 9.72 Å². The number of benzene rings is 2. The summed E-state index contributed by atoms with van der Waals surface area (Å²) >= 11 is 0. The van der Waals surface area contributed by atoms with E-state index in [1.165, 1.54) is 41.3 Å². The average molecular weight is 376 g/mol. The Labute approximate surface area is 167 Å². The van der Waals surface area contributed by atoms with Crippen LogP contribution in [0.3, 0.4) is 0 Å². The van der Waals surface area contributed by atoms with Crippen LogP contribution < -0.4 is 10.2 Å². The first-order valence-electron chi connectivity index (χ1n) is 10.2. The minimum Gasteiger partial charge on any atom is -0.380 e. The lowest BCUT2D eigenvalue weighted by Crippen LogP contribution is -2.31. The van der Waals surface area contributed by atoms with E-state index in [9.17, 15) is 0 Å². The van der Waals surface area contributed by atoms with Crippen LogP contribution in [0.15, 0.2) is 54.6 Å². The summed E-state index contributed by atoms with van der Waals surface area (Å²) in [6, 6.07) is 19.3. The number of piperidine rings is 1. The van der Waals surface area contributed by atoms with Gasteiger partial charge in [-0.25, -0.2) is 4.98 Å². The smallest absolute Gasteiger partial charge is 0.133 e. The normalized spacial score (nSPS) is 14.5. The number of para-hydroxylation sites is 1. The maximum Gasteiger partial charge on any atom is 0.133 e. The van der Waals surface area contributed by atoms with Gasteiger partial charge in [-0.2, -0.15) is 0 Å². The topological polar surface area (TPSA) is 37.4 Å². The van der Waals surface area contributed by atoms with E-state index in [1.54, 1.807) is 7.11 Å². The molecule has 1 aliphatic heterocycles. The third kappa shape index (κ3) is 4.51. The Balaban J connectivity index is 1.49. The summed E-state index contributed by atoms with van der Waals surface area (Å²) < 4.78 is 5.19. The molecule has 0 unspecified atom stereocenters. The minimum atomic E-state index is 0.662. The number of nitrogens with zero attached hydrogens (tertiary/aromatic N) is 2. The number of hydrogen-bond acceptors (Lipinski definition) is 4. The summed E-state index contributed by atoms with van der Waals surface area (Å²) in [4.78, 5) is 7.49. The molecule has 0 amide bonds. The van der Waals surface area contributed by atoms with Gasteiger partial charge in [-0.15, -0.1) is 0 Å². The maximum absolute atomic E-state index is 5.19. The highest BCUT2D eigenvalue weighted by molar-refractivity contribution is 5.81. The summed E-state index contributed by atoms with van der Waals surface area (Å²) in [6.07, 6.45) is 3.85. The molecule has 0 bridgehead atoms. The second kappa shape index (κ2) is 9.18. The van der Waals surface area contributed by atoms with Crippen molar-refractivity contribution < 1.29 is 4.74 Å². The molecule has 146 valence electrons. The quantitative estimate of drug-likeness (QED) is 0.652. The molecule has 2 heterocycles. The summed E-state index contributed by atoms with van der Waals surface area (Å²) in [6.45, 7) is 4.55. The Morgan fingerprint density at radius 3 is 2.46 bits per heavy atom. The number of aromatic nitrogens is 1. The van der Waals surface area contributed by atoms with Gasteiger partial charge in [0, 0.05) is 44.2 Å². The highest BCUT2D eigenvalue weighted by Crippen LogP contribution is 2.26. The van der Waals surface area contributed by atoms with Crippen LogP contribution in [-0.4, -0.2) is 25.2 Å². The highest BCUT2D eigenvalue weighted by atomic mass is 16.5. The van der Waals surface area contributed by atoms with E-state index in [0.717, 1.165) is 37.5 Å². The zero-order chi connectivity index (χ0) is 19.2. The number of anilines is 1. The first-order valence-corrected chi connectivity index (χ1v) is 10.2. The number of ether oxygens (including phenoxy) is 1. The van der Waals surface area contributed by atoms with Crippen LogP contribution >= 0.6 is 0 Å². The Hall–Kier alpha value is -2.43. The van der Waals surface area contributed by atoms with Gasteiger partial charge in [0.15, 0.2) is 0 Å². The van der Waals surface area contributed by atoms with Crippen molar-refractivity contribution in [3.05, 3.63) is 71.3 Å². The Morgan fingerprint density at radius 1 is 0.929 bits per heavy atom. The van der Waals surface area contributed by atoms with Crippen molar-refractivity contribution in [1.82, 2.24) is 10.3 Å². The standard InChI is InChI=1S/C24H29N3O/c1-28-18-20-11-9-19(10-12-20)16-25-17-22-15-21-7-3-4-8-23(21)26-24(22)27-13-5-2-6-14-27/h3-4,7-12,15,25H,2,5-6,13-14,16-18H2,1H3. The van der Waals surface area contributed by atoms with Crippen molar-refractivity contribution in [2.75, 3.05) is 25.1 Å². The summed E-state index contributed by atoms with van der Waals surface area (Å²) in [5, 5.41) is 4.83. The summed E-state index contributed by atoms with van der Waals surface area (Å²) in [5.41, 5.74) is 4.86. The molecule has 0 saturated carbocycles. The van der Waals surface area contributed by atoms with E-state index in [1.807, 2.05) is 0 Å². The number of nitrogens with one attached hydrogen (secondary N) is 1. The zero-order valence-corrected chi connectivity index (χ0v) is 16.7. The van der Waals surface area contributed by atoms with Crippen molar-refractivity contribution >= 4 is 16.7 Å². The maximum atomic E-state index is 5.19. The van der Waals surface area contributed by atoms with E-state index in [-0.39, 0.29) is 0 Å². The zero-order valence-electron chi connectivity index (χ0n) is 16.7. The van der Waals surface area contributed by atoms with Gasteiger partial charge < -0.3 is 15.0 Å². The Kier molecular flexibility index (Phi) is 6.20. The van der Waals surface area contributed by atoms with Gasteiger partial charge in [0.2, 0.25) is 0 Å². The second-order valence-corrected chi connectivity index (χ2v) is 7.56. The molecule has 3 aromatic rings. The number of pyridine rings is 1. The first-order chi connectivity index (χ1) is 13.8. The Morgan fingerprint density at radius 2 is 1.68 bits per heavy atom. The van der Waals surface area contributed by atoms with Crippen molar-refractivity contribution in [3.8, 4) is 0 Å². The molecular formula is C24H29N3O. The van der Waals surface area contributed by atoms with Gasteiger partial charge in [0.25, 0.3) is 0 Å². The average Bonchev–Trinajstić information content (AvgIpc) is 2.75. The van der Waals surface area contributed by atoms with Crippen LogP contribution in [0.4, 0.5) is 5.82 Å². The molecule has 4 nitrogen and oxygen atoms in total. The number of rotatable bonds is 7. The van der Waals surface area contributed by atoms with Crippen LogP contribution in [0.2, 0.25) is 0 Å². The fraction of sp³-hybridized carbons (Fsp3) is 0.375. The van der Waals surface area contributed by atoms with Crippen LogP contribution in [0, 0.1) is 0 Å². The molecule has 0 radical (unpaired) electrons. The molecule has 2 aromatic carbocycles. The van der Waals surface area contributed by atoms with E-state index < -0.39 is 0 Å². The molecule has 1 saturated heterocycles. The van der Waals surface area contributed by atoms with Gasteiger partial charge in [-0.05, 0) is 42.5 Å². The monoisotopic (exact) mass is 375 g/mol. The molecule has 4 rings (SSSR count). The lowest BCUT2D eigenvalue weighted by Gasteiger charge is -2.30. The molecule has 4 heteroatoms. The molecule has 0 atom stereocenters. The fourth-order valence-electron chi connectivity index (χ4n) is 3.92. The van der Waals surface area contributed by atoms with Crippen LogP contribution in [-0.2, 0) is 24.4 Å². The van der Waals surface area contributed by atoms with Crippen LogP contribution in [0.5, 0.6) is 0 Å². The third-order valence-electron chi connectivity index (χ3n) is 5.41. The molecule has 28 heavy (non-hydrogen) atoms. The van der Waals surface area contributed by atoms with Gasteiger partial charge in [0.05, 0.1) is 12.1 Å². The minimum absolute atomic E-state index is 0.662. The van der Waals surface area contributed by atoms with Gasteiger partial charge in [-0.3, -0.25) is 0 Å². The molecule has 1 N–H and O–H groups in total. The van der Waals surface area contributed by atoms with Crippen LogP contribution in [0.25, 0.3) is 10.9 Å². The predicted molar refractivity (Wildman–Crippen MR) is 116 cm³/mol. The van der Waals surface area contributed by atoms with Crippen LogP contribution in [0.1, 0.15) is 36.0 Å². The van der Waals surface area contributed by atoms with Crippen molar-refractivity contribution in [2.45, 2.75) is 39.0 Å². The second-order valence-electron chi connectivity index (χ2n) is 7.56. The lowest BCUT2D eigenvalue weighted by molar-refractivity contribution is 0.185. The van der Waals surface area contributed by atoms with E-state index >= 15 is 0 Å². The van der Waals surface area contributed by atoms with Crippen molar-refractivity contribution in [2.24, 2.45) is 0 Å². The van der Waals surface area contributed by atoms with Crippen molar-refractivity contribution in [3.63, 3.8) is 0 Å². The molecule has 1 aliphatic rings. The summed E-state index contributed by atoms with van der Waals surface area (Å²) in [7, 11) is 1.73. The predicted octanol–water partition coefficient (Wildman–Crippen LogP) is 4.66. The molecular weight excluding hydrogens is 346 g/mol. The number of fused-ring (bicyclic) bond motifs is 1. The SMILES string of the molecule is COCc1ccc(CNCc2cc3ccccc3nc2N2CCCCC2)cc1. The lowest BCUT2D eigenvalue weighted by atomic mass is 10.1. The largest absolute Gasteiger partial charge is 0.380 e. The third-order valence-corrected chi connectivity index (χ3v) is 5.41. The molecule has 0 spiro atoms. The van der Waals surface area contributed by atoms with E-state index in [0.29, 0.717) is 6.61 Å². The number of hydrogen-bond donors (Lipinski definition) is 1. The number of methoxy groups -OCH3 is 1. The van der Waals surface area contributed by atoms with Gasteiger partial charge in [0.1, 0.15) is 5.82 Å². The molecule has 1 aromatic heterocycles. The first kappa shape index (κ1) is 18.9. The highest BCUT2D eigenvalue weighted by Gasteiger charge is 2.16. The van der Waals surface area contributed by atoms with Gasteiger partial charge in [-0.1, -0.05) is 42.5 Å². The Bertz CT molecular complexity index is 901. The molecule has 0 aliphatic carbocycles. The fourth-order valence-corrected chi connectivity index (χ4v) is 3.92. The van der Waals surface area contributed by atoms with Crippen molar-refractivity contribution in [1.29, 1.82) is 0 Å². The summed E-state index contributed by atoms with van der Waals surface area (Å²) in [5.74, 6) is 1.15. The van der Waals surface area contributed by atoms with Gasteiger partial charge >= 0.3 is 0 Å².